The van der Waals surface area contributed by atoms with E-state index >= 15 is 0 Å². The summed E-state index contributed by atoms with van der Waals surface area (Å²) in [5.41, 5.74) is 0. The normalized spacial score (nSPS) is 19.1. The van der Waals surface area contributed by atoms with Crippen molar-refractivity contribution in [3.63, 3.8) is 0 Å². The number of aryl methyl sites for hydroxylation is 1. The summed E-state index contributed by atoms with van der Waals surface area (Å²) in [6.45, 7) is 3.57. The minimum absolute atomic E-state index is 0.173. The largest absolute Gasteiger partial charge is 0.481 e. The molecule has 1 aromatic heterocycles. The Balaban J connectivity index is 1.84. The average molecular weight is 295 g/mol. The van der Waals surface area contributed by atoms with Crippen molar-refractivity contribution in [2.24, 2.45) is 5.92 Å². The molecule has 4 nitrogen and oxygen atoms in total. The number of carboxylic acids is 1. The molecule has 110 valence electrons. The van der Waals surface area contributed by atoms with Gasteiger partial charge in [-0.3, -0.25) is 9.59 Å². The molecule has 0 bridgehead atoms. The van der Waals surface area contributed by atoms with E-state index in [-0.39, 0.29) is 12.3 Å². The molecule has 0 radical (unpaired) electrons. The van der Waals surface area contributed by atoms with E-state index in [1.54, 1.807) is 11.3 Å². The second kappa shape index (κ2) is 6.88. The van der Waals surface area contributed by atoms with E-state index in [2.05, 4.69) is 0 Å². The van der Waals surface area contributed by atoms with Crippen molar-refractivity contribution in [1.29, 1.82) is 0 Å². The number of hydrogen-bond donors (Lipinski definition) is 1. The number of nitrogens with zero attached hydrogens (tertiary/aromatic N) is 1. The summed E-state index contributed by atoms with van der Waals surface area (Å²) in [6.07, 6.45) is 3.38. The average Bonchev–Trinajstić information content (AvgIpc) is 2.82. The fourth-order valence-electron chi connectivity index (χ4n) is 2.70. The van der Waals surface area contributed by atoms with Crippen LogP contribution in [-0.4, -0.2) is 35.0 Å². The van der Waals surface area contributed by atoms with Crippen LogP contribution in [0.15, 0.2) is 12.1 Å². The van der Waals surface area contributed by atoms with E-state index < -0.39 is 5.97 Å². The van der Waals surface area contributed by atoms with Gasteiger partial charge in [0.2, 0.25) is 5.91 Å². The lowest BCUT2D eigenvalue weighted by atomic mass is 9.93. The van der Waals surface area contributed by atoms with E-state index in [1.807, 2.05) is 24.0 Å². The van der Waals surface area contributed by atoms with Crippen molar-refractivity contribution in [3.05, 3.63) is 21.9 Å². The lowest BCUT2D eigenvalue weighted by molar-refractivity contribution is -0.137. The van der Waals surface area contributed by atoms with Crippen LogP contribution in [0, 0.1) is 12.8 Å². The first-order valence-electron chi connectivity index (χ1n) is 7.09. The Morgan fingerprint density at radius 3 is 2.90 bits per heavy atom. The van der Waals surface area contributed by atoms with E-state index in [4.69, 9.17) is 5.11 Å². The third-order valence-corrected chi connectivity index (χ3v) is 4.76. The Morgan fingerprint density at radius 1 is 1.45 bits per heavy atom. The number of thiophene rings is 1. The maximum atomic E-state index is 12.3. The molecule has 0 unspecified atom stereocenters. The molecular weight excluding hydrogens is 274 g/mol. The van der Waals surface area contributed by atoms with Gasteiger partial charge < -0.3 is 10.0 Å². The fourth-order valence-corrected chi connectivity index (χ4v) is 3.58. The molecule has 1 saturated heterocycles. The molecule has 0 saturated carbocycles. The highest BCUT2D eigenvalue weighted by atomic mass is 32.1. The molecular formula is C15H21NO3S. The number of hydrogen-bond acceptors (Lipinski definition) is 3. The van der Waals surface area contributed by atoms with Crippen LogP contribution in [0.1, 0.15) is 35.4 Å². The second-order valence-electron chi connectivity index (χ2n) is 5.47. The van der Waals surface area contributed by atoms with Crippen LogP contribution in [0.4, 0.5) is 0 Å². The number of amides is 1. The standard InChI is InChI=1S/C15H21NO3S/c1-11-4-6-13(20-11)9-14(17)16-8-2-3-12(10-16)5-7-15(18)19/h4,6,12H,2-3,5,7-10H2,1H3,(H,18,19)/t12-/m1/s1. The van der Waals surface area contributed by atoms with E-state index in [0.717, 1.165) is 30.8 Å². The summed E-state index contributed by atoms with van der Waals surface area (Å²) in [4.78, 5) is 27.1. The van der Waals surface area contributed by atoms with Crippen LogP contribution in [0.3, 0.4) is 0 Å². The van der Waals surface area contributed by atoms with Crippen LogP contribution >= 0.6 is 11.3 Å². The molecule has 1 aromatic rings. The van der Waals surface area contributed by atoms with Gasteiger partial charge in [-0.1, -0.05) is 0 Å². The Hall–Kier alpha value is -1.36. The highest BCUT2D eigenvalue weighted by Crippen LogP contribution is 2.23. The Morgan fingerprint density at radius 2 is 2.25 bits per heavy atom. The van der Waals surface area contributed by atoms with Crippen molar-refractivity contribution in [2.75, 3.05) is 13.1 Å². The summed E-state index contributed by atoms with van der Waals surface area (Å²) in [6, 6.07) is 4.06. The number of carbonyl (C=O) groups is 2. The number of piperidine rings is 1. The van der Waals surface area contributed by atoms with Crippen molar-refractivity contribution in [3.8, 4) is 0 Å². The molecule has 0 spiro atoms. The first kappa shape index (κ1) is 15.0. The lowest BCUT2D eigenvalue weighted by Crippen LogP contribution is -2.40. The predicted molar refractivity (Wildman–Crippen MR) is 78.9 cm³/mol. The summed E-state index contributed by atoms with van der Waals surface area (Å²) >= 11 is 1.67. The van der Waals surface area contributed by atoms with Gasteiger partial charge in [0.15, 0.2) is 0 Å². The van der Waals surface area contributed by atoms with Crippen molar-refractivity contribution < 1.29 is 14.7 Å². The number of likely N-dealkylation sites (tertiary alicyclic amines) is 1. The molecule has 1 atom stereocenters. The van der Waals surface area contributed by atoms with Gasteiger partial charge in [-0.2, -0.15) is 0 Å². The predicted octanol–water partition coefficient (Wildman–Crippen LogP) is 2.70. The maximum absolute atomic E-state index is 12.3. The maximum Gasteiger partial charge on any atom is 0.303 e. The zero-order chi connectivity index (χ0) is 14.5. The van der Waals surface area contributed by atoms with Gasteiger partial charge in [-0.05, 0) is 44.2 Å². The molecule has 20 heavy (non-hydrogen) atoms. The Labute approximate surface area is 123 Å². The van der Waals surface area contributed by atoms with Crippen molar-refractivity contribution in [2.45, 2.75) is 39.0 Å². The van der Waals surface area contributed by atoms with E-state index in [9.17, 15) is 9.59 Å². The highest BCUT2D eigenvalue weighted by Gasteiger charge is 2.24. The van der Waals surface area contributed by atoms with Crippen LogP contribution in [0.2, 0.25) is 0 Å². The van der Waals surface area contributed by atoms with Crippen LogP contribution in [0.5, 0.6) is 0 Å². The first-order valence-corrected chi connectivity index (χ1v) is 7.91. The fraction of sp³-hybridized carbons (Fsp3) is 0.600. The highest BCUT2D eigenvalue weighted by molar-refractivity contribution is 7.12. The zero-order valence-electron chi connectivity index (χ0n) is 11.8. The molecule has 1 aliphatic heterocycles. The molecule has 2 rings (SSSR count). The van der Waals surface area contributed by atoms with Crippen LogP contribution in [-0.2, 0) is 16.0 Å². The smallest absolute Gasteiger partial charge is 0.303 e. The summed E-state index contributed by atoms with van der Waals surface area (Å²) in [5, 5.41) is 8.74. The van der Waals surface area contributed by atoms with Crippen molar-refractivity contribution >= 4 is 23.2 Å². The summed E-state index contributed by atoms with van der Waals surface area (Å²) in [5.74, 6) is -0.233. The number of carboxylic acid groups (broad SMARTS) is 1. The molecule has 1 N–H and O–H groups in total. The van der Waals surface area contributed by atoms with Gasteiger partial charge in [-0.15, -0.1) is 11.3 Å². The minimum atomic E-state index is -0.748. The molecule has 1 amide bonds. The SMILES string of the molecule is Cc1ccc(CC(=O)N2CCC[C@H](CCC(=O)O)C2)s1. The van der Waals surface area contributed by atoms with E-state index in [1.165, 1.54) is 4.88 Å². The molecule has 0 aromatic carbocycles. The van der Waals surface area contributed by atoms with Crippen LogP contribution < -0.4 is 0 Å². The third-order valence-electron chi connectivity index (χ3n) is 3.76. The number of rotatable bonds is 5. The molecule has 5 heteroatoms. The van der Waals surface area contributed by atoms with Gasteiger partial charge in [0.1, 0.15) is 0 Å². The minimum Gasteiger partial charge on any atom is -0.481 e. The van der Waals surface area contributed by atoms with E-state index in [0.29, 0.717) is 18.8 Å². The number of carbonyl (C=O) groups excluding carboxylic acids is 1. The van der Waals surface area contributed by atoms with Gasteiger partial charge in [0.05, 0.1) is 6.42 Å². The molecule has 0 aliphatic carbocycles. The topological polar surface area (TPSA) is 57.6 Å². The molecule has 1 aliphatic rings. The molecule has 1 fully saturated rings. The second-order valence-corrected chi connectivity index (χ2v) is 6.84. The van der Waals surface area contributed by atoms with Gasteiger partial charge in [-0.25, -0.2) is 0 Å². The zero-order valence-corrected chi connectivity index (χ0v) is 12.6. The molecule has 2 heterocycles. The summed E-state index contributed by atoms with van der Waals surface area (Å²) < 4.78 is 0. The van der Waals surface area contributed by atoms with Gasteiger partial charge in [0, 0.05) is 29.3 Å². The van der Waals surface area contributed by atoms with Gasteiger partial charge in [0.25, 0.3) is 0 Å². The monoisotopic (exact) mass is 295 g/mol. The summed E-state index contributed by atoms with van der Waals surface area (Å²) in [7, 11) is 0. The Kier molecular flexibility index (Phi) is 5.17. The van der Waals surface area contributed by atoms with Crippen LogP contribution in [0.25, 0.3) is 0 Å². The third kappa shape index (κ3) is 4.34. The number of aliphatic carboxylic acids is 1. The quantitative estimate of drug-likeness (QED) is 0.908. The lowest BCUT2D eigenvalue weighted by Gasteiger charge is -2.32. The first-order chi connectivity index (χ1) is 9.54. The van der Waals surface area contributed by atoms with Crippen molar-refractivity contribution in [1.82, 2.24) is 4.90 Å². The van der Waals surface area contributed by atoms with Gasteiger partial charge >= 0.3 is 5.97 Å². The Bertz CT molecular complexity index is 483.